The fraction of sp³-hybridized carbons (Fsp3) is 0.580. The van der Waals surface area contributed by atoms with E-state index in [2.05, 4.69) is 34.1 Å². The van der Waals surface area contributed by atoms with Crippen molar-refractivity contribution >= 4 is 68.0 Å². The molecule has 2 unspecified atom stereocenters. The molecule has 514 valence electrons. The van der Waals surface area contributed by atoms with Gasteiger partial charge in [0.05, 0.1) is 141 Å². The number of rotatable bonds is 41. The third-order valence-electron chi connectivity index (χ3n) is 18.3. The lowest BCUT2D eigenvalue weighted by molar-refractivity contribution is -0.248. The van der Waals surface area contributed by atoms with Crippen LogP contribution >= 0.6 is 11.3 Å². The summed E-state index contributed by atoms with van der Waals surface area (Å²) in [7, 11) is 1.82. The Kier molecular flexibility index (Phi) is 24.7. The van der Waals surface area contributed by atoms with Gasteiger partial charge in [0.15, 0.2) is 10.8 Å². The second-order valence-electron chi connectivity index (χ2n) is 26.2. The summed E-state index contributed by atoms with van der Waals surface area (Å²) in [5.74, 6) is -1.93. The third kappa shape index (κ3) is 19.1. The van der Waals surface area contributed by atoms with Gasteiger partial charge in [0.2, 0.25) is 11.8 Å². The normalized spacial score (nSPS) is 21.1. The minimum absolute atomic E-state index is 0.00875. The van der Waals surface area contributed by atoms with Gasteiger partial charge in [0, 0.05) is 87.3 Å². The van der Waals surface area contributed by atoms with Crippen LogP contribution in [0.4, 0.5) is 10.9 Å². The predicted molar refractivity (Wildman–Crippen MR) is 353 cm³/mol. The van der Waals surface area contributed by atoms with E-state index in [1.807, 2.05) is 73.5 Å². The van der Waals surface area contributed by atoms with Crippen LogP contribution in [0, 0.1) is 23.2 Å². The number of nitrogens with one attached hydrogen (secondary N) is 2. The van der Waals surface area contributed by atoms with Crippen LogP contribution in [0.2, 0.25) is 0 Å². The van der Waals surface area contributed by atoms with Gasteiger partial charge < -0.3 is 62.9 Å². The van der Waals surface area contributed by atoms with E-state index in [0.717, 1.165) is 76.0 Å². The predicted octanol–water partition coefficient (Wildman–Crippen LogP) is 6.92. The van der Waals surface area contributed by atoms with Crippen LogP contribution < -0.4 is 15.5 Å². The first kappa shape index (κ1) is 70.7. The van der Waals surface area contributed by atoms with Crippen LogP contribution in [0.25, 0.3) is 21.3 Å². The molecule has 0 radical (unpaired) electrons. The van der Waals surface area contributed by atoms with Gasteiger partial charge in [-0.15, -0.1) is 0 Å². The molecule has 3 aromatic heterocycles. The average Bonchev–Trinajstić information content (AvgIpc) is 1.01. The quantitative estimate of drug-likeness (QED) is 0.0264. The molecule has 2 aromatic carbocycles. The van der Waals surface area contributed by atoms with Crippen LogP contribution in [0.1, 0.15) is 103 Å². The number of anilines is 2. The number of aromatic nitrogens is 4. The van der Waals surface area contributed by atoms with E-state index < -0.39 is 17.8 Å². The largest absolute Gasteiger partial charge is 0.476 e. The molecule has 3 N–H and O–H groups in total. The molecule has 2 aliphatic heterocycles. The Bertz CT molecular complexity index is 3430. The lowest BCUT2D eigenvalue weighted by Crippen LogP contribution is -2.64. The van der Waals surface area contributed by atoms with Crippen molar-refractivity contribution in [3.05, 3.63) is 101 Å². The van der Waals surface area contributed by atoms with Gasteiger partial charge in [-0.05, 0) is 110 Å². The number of carboxylic acids is 1. The van der Waals surface area contributed by atoms with Crippen molar-refractivity contribution in [2.45, 2.75) is 97.2 Å². The molecule has 4 saturated carbocycles. The Morgan fingerprint density at radius 3 is 1.91 bits per heavy atom. The van der Waals surface area contributed by atoms with Gasteiger partial charge in [-0.2, -0.15) is 5.10 Å². The van der Waals surface area contributed by atoms with Crippen LogP contribution in [0.5, 0.6) is 0 Å². The van der Waals surface area contributed by atoms with Gasteiger partial charge in [0.25, 0.3) is 17.7 Å². The molecule has 95 heavy (non-hydrogen) atoms. The summed E-state index contributed by atoms with van der Waals surface area (Å²) in [4.78, 5) is 89.2. The number of amides is 5. The molecule has 4 bridgehead atoms. The van der Waals surface area contributed by atoms with E-state index in [4.69, 9.17) is 52.7 Å². The number of hydrogen-bond donors (Lipinski definition) is 3. The number of pyridine rings is 1. The Morgan fingerprint density at radius 2 is 1.28 bits per heavy atom. The van der Waals surface area contributed by atoms with Crippen molar-refractivity contribution < 1.29 is 76.5 Å². The van der Waals surface area contributed by atoms with Crippen molar-refractivity contribution in [2.24, 2.45) is 16.2 Å². The number of carboxylic acid groups (broad SMARTS) is 1. The Morgan fingerprint density at radius 1 is 0.674 bits per heavy atom. The summed E-state index contributed by atoms with van der Waals surface area (Å²) in [6.45, 7) is 16.1. The topological polar surface area (TPSA) is 283 Å². The summed E-state index contributed by atoms with van der Waals surface area (Å²) in [5.41, 5.74) is 5.15. The first-order valence-corrected chi connectivity index (χ1v) is 33.8. The Labute approximate surface area is 558 Å². The minimum Gasteiger partial charge on any atom is -0.476 e. The van der Waals surface area contributed by atoms with Crippen molar-refractivity contribution in [3.8, 4) is 11.1 Å². The van der Waals surface area contributed by atoms with Crippen molar-refractivity contribution in [1.82, 2.24) is 34.9 Å². The molecule has 0 saturated heterocycles. The van der Waals surface area contributed by atoms with E-state index >= 15 is 0 Å². The summed E-state index contributed by atoms with van der Waals surface area (Å²) in [6.07, 6.45) is 11.2. The molecule has 6 aliphatic rings. The minimum atomic E-state index is -1.13. The average molecular weight is 1330 g/mol. The molecule has 4 aliphatic carbocycles. The molecule has 5 aromatic rings. The van der Waals surface area contributed by atoms with Gasteiger partial charge in [0.1, 0.15) is 5.82 Å². The number of para-hydroxylation sites is 1. The number of thiazole rings is 1. The summed E-state index contributed by atoms with van der Waals surface area (Å²) < 4.78 is 54.5. The van der Waals surface area contributed by atoms with Gasteiger partial charge in [-0.1, -0.05) is 49.4 Å². The third-order valence-corrected chi connectivity index (χ3v) is 19.3. The Hall–Kier alpha value is -7.11. The molecular formula is C69H91N9O16S. The number of nitrogens with zero attached hydrogens (tertiary/aromatic N) is 7. The number of hydrogen-bond acceptors (Lipinski definition) is 20. The highest BCUT2D eigenvalue weighted by atomic mass is 32.1. The highest BCUT2D eigenvalue weighted by molar-refractivity contribution is 7.22. The van der Waals surface area contributed by atoms with Gasteiger partial charge >= 0.3 is 5.97 Å². The molecule has 5 heterocycles. The maximum Gasteiger partial charge on any atom is 0.355 e. The summed E-state index contributed by atoms with van der Waals surface area (Å²) >= 11 is 1.43. The number of aromatic carboxylic acids is 1. The molecular weight excluding hydrogens is 1240 g/mol. The fourth-order valence-electron chi connectivity index (χ4n) is 15.2. The first-order chi connectivity index (χ1) is 45.9. The maximum absolute atomic E-state index is 13.8. The van der Waals surface area contributed by atoms with Crippen LogP contribution in [-0.4, -0.2) is 221 Å². The zero-order chi connectivity index (χ0) is 66.8. The second-order valence-corrected chi connectivity index (χ2v) is 27.2. The lowest BCUT2D eigenvalue weighted by atomic mass is 9.39. The molecule has 0 spiro atoms. The van der Waals surface area contributed by atoms with Gasteiger partial charge in [-0.3, -0.25) is 38.9 Å². The highest BCUT2D eigenvalue weighted by Gasteiger charge is 2.66. The monoisotopic (exact) mass is 1330 g/mol. The Balaban J connectivity index is 0.560. The van der Waals surface area contributed by atoms with Crippen molar-refractivity contribution in [1.29, 1.82) is 0 Å². The van der Waals surface area contributed by atoms with Crippen LogP contribution in [0.3, 0.4) is 0 Å². The molecule has 2 atom stereocenters. The fourth-order valence-corrected chi connectivity index (χ4v) is 16.0. The molecule has 4 fully saturated rings. The zero-order valence-corrected chi connectivity index (χ0v) is 56.0. The zero-order valence-electron chi connectivity index (χ0n) is 55.2. The second kappa shape index (κ2) is 33.2. The standard InChI is InChI=1S/C69H91N9O16S/c1-49-53(51-12-13-57(73-62(51)64(84)85)76-20-16-50-8-7-9-52(54(50)41-76)63(83)74-65-72-55-10-5-6-11-56(55)95-65)40-71-78(49)48-68-43-66(2)42-67(3,44-68)46-69(45-66,47-68)94-25-22-75(4)59(80)18-23-86-26-28-88-30-32-90-34-36-92-38-39-93-37-35-91-33-31-89-29-27-87-24-19-70-58(79)17-21-77-60(81)14-15-61(77)82/h5-15,40H,16-39,41-48H2,1-4H3,(H,70,79)(H,84,85)(H,72,74,83). The van der Waals surface area contributed by atoms with Crippen molar-refractivity contribution in [2.75, 3.05) is 156 Å². The van der Waals surface area contributed by atoms with E-state index in [1.165, 1.54) is 23.5 Å². The van der Waals surface area contributed by atoms with E-state index in [0.29, 0.717) is 167 Å². The molecule has 5 amide bonds. The number of imide groups is 1. The summed E-state index contributed by atoms with van der Waals surface area (Å²) in [5, 5.41) is 21.9. The van der Waals surface area contributed by atoms with Crippen LogP contribution in [0.15, 0.2) is 72.9 Å². The lowest BCUT2D eigenvalue weighted by Gasteiger charge is -2.69. The van der Waals surface area contributed by atoms with Crippen molar-refractivity contribution in [3.63, 3.8) is 0 Å². The van der Waals surface area contributed by atoms with Crippen LogP contribution in [-0.2, 0) is 81.3 Å². The first-order valence-electron chi connectivity index (χ1n) is 33.0. The number of fused-ring (bicyclic) bond motifs is 2. The van der Waals surface area contributed by atoms with E-state index in [1.54, 1.807) is 11.1 Å². The SMILES string of the molecule is Cc1c(-c2ccc(N3CCc4cccc(C(=O)Nc5nc6ccccc6s5)c4C3)nc2C(=O)O)cnn1CC12CC3(C)CC(C)(C1)CC(OCCN(C)C(=O)CCOCCOCCOCCOCCOCCOCCOCCOCCNC(=O)CCN1C(=O)C=CC1=O)(C3)C2. The highest BCUT2D eigenvalue weighted by Crippen LogP contribution is 2.72. The number of ether oxygens (including phenoxy) is 9. The maximum atomic E-state index is 13.8. The molecule has 26 heteroatoms. The number of likely N-dealkylation sites (N-methyl/N-ethyl adjacent to an activating group) is 1. The van der Waals surface area contributed by atoms with Gasteiger partial charge in [-0.25, -0.2) is 14.8 Å². The number of carbonyl (C=O) groups is 6. The number of carbonyl (C=O) groups excluding carboxylic acids is 5. The molecule has 11 rings (SSSR count). The van der Waals surface area contributed by atoms with E-state index in [9.17, 15) is 33.9 Å². The molecule has 25 nitrogen and oxygen atoms in total. The van der Waals surface area contributed by atoms with E-state index in [-0.39, 0.29) is 71.3 Å². The summed E-state index contributed by atoms with van der Waals surface area (Å²) in [6, 6.07) is 17.3. The number of benzene rings is 2. The smallest absolute Gasteiger partial charge is 0.355 e.